The molecule has 5 nitrogen and oxygen atoms in total. The van der Waals surface area contributed by atoms with Crippen LogP contribution in [0.3, 0.4) is 0 Å². The Bertz CT molecular complexity index is 544. The lowest BCUT2D eigenvalue weighted by atomic mass is 10.1. The molecule has 0 heterocycles. The van der Waals surface area contributed by atoms with Gasteiger partial charge in [-0.25, -0.2) is 0 Å². The Morgan fingerprint density at radius 1 is 1.35 bits per heavy atom. The van der Waals surface area contributed by atoms with Crippen LogP contribution in [0.4, 0.5) is 0 Å². The molecule has 0 bridgehead atoms. The molecule has 0 saturated carbocycles. The second-order valence-corrected chi connectivity index (χ2v) is 4.17. The monoisotopic (exact) mass is 273 g/mol. The highest BCUT2D eigenvalue weighted by atomic mass is 16.2. The fourth-order valence-corrected chi connectivity index (χ4v) is 1.67. The second kappa shape index (κ2) is 7.97. The first-order valence-electron chi connectivity index (χ1n) is 6.40. The number of likely N-dealkylation sites (N-methyl/N-ethyl adjacent to an activating group) is 2. The van der Waals surface area contributed by atoms with E-state index in [1.54, 1.807) is 31.3 Å². The minimum absolute atomic E-state index is 0.0192. The van der Waals surface area contributed by atoms with Crippen LogP contribution in [0.15, 0.2) is 24.3 Å². The Morgan fingerprint density at radius 3 is 2.70 bits per heavy atom. The number of nitrogens with two attached hydrogens (primary N) is 1. The largest absolute Gasteiger partial charge is 0.355 e. The van der Waals surface area contributed by atoms with Gasteiger partial charge in [-0.15, -0.1) is 0 Å². The fourth-order valence-electron chi connectivity index (χ4n) is 1.67. The van der Waals surface area contributed by atoms with Gasteiger partial charge in [-0.05, 0) is 19.1 Å². The molecular weight excluding hydrogens is 254 g/mol. The molecular formula is C15H19N3O2. The van der Waals surface area contributed by atoms with E-state index in [2.05, 4.69) is 17.2 Å². The molecule has 0 aliphatic carbocycles. The normalized spacial score (nSPS) is 9.35. The van der Waals surface area contributed by atoms with Crippen LogP contribution in [-0.2, 0) is 4.79 Å². The van der Waals surface area contributed by atoms with Gasteiger partial charge in [0.15, 0.2) is 0 Å². The van der Waals surface area contributed by atoms with E-state index in [-0.39, 0.29) is 24.9 Å². The molecule has 1 aromatic rings. The first-order chi connectivity index (χ1) is 9.60. The molecule has 0 unspecified atom stereocenters. The predicted molar refractivity (Wildman–Crippen MR) is 78.0 cm³/mol. The van der Waals surface area contributed by atoms with E-state index < -0.39 is 0 Å². The topological polar surface area (TPSA) is 75.4 Å². The third-order valence-electron chi connectivity index (χ3n) is 2.58. The van der Waals surface area contributed by atoms with Gasteiger partial charge in [0.1, 0.15) is 0 Å². The van der Waals surface area contributed by atoms with Gasteiger partial charge in [-0.1, -0.05) is 24.0 Å². The fraction of sp³-hybridized carbons (Fsp3) is 0.333. The lowest BCUT2D eigenvalue weighted by Gasteiger charge is -2.17. The van der Waals surface area contributed by atoms with Crippen molar-refractivity contribution >= 4 is 11.8 Å². The number of carbonyl (C=O) groups is 2. The van der Waals surface area contributed by atoms with E-state index in [4.69, 9.17) is 5.73 Å². The minimum atomic E-state index is -0.238. The molecule has 3 N–H and O–H groups in total. The van der Waals surface area contributed by atoms with E-state index in [9.17, 15) is 9.59 Å². The summed E-state index contributed by atoms with van der Waals surface area (Å²) in [7, 11) is 1.59. The lowest BCUT2D eigenvalue weighted by Crippen LogP contribution is -2.38. The van der Waals surface area contributed by atoms with Crippen molar-refractivity contribution < 1.29 is 9.59 Å². The SMILES string of the molecule is CCNC(=O)CN(C)C(=O)c1ccccc1C#CCN. The number of benzene rings is 1. The molecule has 106 valence electrons. The molecule has 0 radical (unpaired) electrons. The van der Waals surface area contributed by atoms with Gasteiger partial charge in [0, 0.05) is 19.2 Å². The van der Waals surface area contributed by atoms with Gasteiger partial charge >= 0.3 is 0 Å². The van der Waals surface area contributed by atoms with Crippen molar-refractivity contribution in [3.05, 3.63) is 35.4 Å². The molecule has 0 aliphatic rings. The number of amides is 2. The van der Waals surface area contributed by atoms with Crippen LogP contribution in [0.25, 0.3) is 0 Å². The van der Waals surface area contributed by atoms with Crippen LogP contribution in [0, 0.1) is 11.8 Å². The first kappa shape index (κ1) is 15.7. The minimum Gasteiger partial charge on any atom is -0.355 e. The molecule has 0 aromatic heterocycles. The Balaban J connectivity index is 2.89. The van der Waals surface area contributed by atoms with Crippen LogP contribution < -0.4 is 11.1 Å². The maximum atomic E-state index is 12.3. The summed E-state index contributed by atoms with van der Waals surface area (Å²) < 4.78 is 0. The standard InChI is InChI=1S/C15H19N3O2/c1-3-17-14(19)11-18(2)15(20)13-9-5-4-7-12(13)8-6-10-16/h4-5,7,9H,3,10-11,16H2,1-2H3,(H,17,19). The summed E-state index contributed by atoms with van der Waals surface area (Å²) in [5.41, 5.74) is 6.43. The number of hydrogen-bond acceptors (Lipinski definition) is 3. The molecule has 20 heavy (non-hydrogen) atoms. The number of hydrogen-bond donors (Lipinski definition) is 2. The molecule has 1 aromatic carbocycles. The highest BCUT2D eigenvalue weighted by molar-refractivity contribution is 5.98. The molecule has 5 heteroatoms. The van der Waals surface area contributed by atoms with E-state index in [0.717, 1.165) is 0 Å². The van der Waals surface area contributed by atoms with Gasteiger partial charge in [0.25, 0.3) is 5.91 Å². The summed E-state index contributed by atoms with van der Waals surface area (Å²) in [5, 5.41) is 2.65. The zero-order chi connectivity index (χ0) is 15.0. The van der Waals surface area contributed by atoms with Crippen molar-refractivity contribution in [3.8, 4) is 11.8 Å². The number of carbonyl (C=O) groups excluding carboxylic acids is 2. The number of nitrogens with one attached hydrogen (secondary N) is 1. The van der Waals surface area contributed by atoms with Gasteiger partial charge in [0.2, 0.25) is 5.91 Å². The summed E-state index contributed by atoms with van der Waals surface area (Å²) in [6.45, 7) is 2.62. The van der Waals surface area contributed by atoms with Gasteiger partial charge in [0.05, 0.1) is 18.7 Å². The quantitative estimate of drug-likeness (QED) is 0.770. The van der Waals surface area contributed by atoms with Crippen molar-refractivity contribution in [2.24, 2.45) is 5.73 Å². The maximum absolute atomic E-state index is 12.3. The van der Waals surface area contributed by atoms with Crippen molar-refractivity contribution in [1.82, 2.24) is 10.2 Å². The van der Waals surface area contributed by atoms with Crippen LogP contribution in [-0.4, -0.2) is 43.4 Å². The molecule has 0 fully saturated rings. The average molecular weight is 273 g/mol. The predicted octanol–water partition coefficient (Wildman–Crippen LogP) is 0.205. The molecule has 0 saturated heterocycles. The third-order valence-corrected chi connectivity index (χ3v) is 2.58. The van der Waals surface area contributed by atoms with Gasteiger partial charge < -0.3 is 16.0 Å². The van der Waals surface area contributed by atoms with Gasteiger partial charge in [-0.2, -0.15) is 0 Å². The second-order valence-electron chi connectivity index (χ2n) is 4.17. The summed E-state index contributed by atoms with van der Waals surface area (Å²) in [4.78, 5) is 25.2. The highest BCUT2D eigenvalue weighted by Gasteiger charge is 2.16. The highest BCUT2D eigenvalue weighted by Crippen LogP contribution is 2.10. The Morgan fingerprint density at radius 2 is 2.05 bits per heavy atom. The van der Waals surface area contributed by atoms with Crippen LogP contribution in [0.5, 0.6) is 0 Å². The Labute approximate surface area is 119 Å². The average Bonchev–Trinajstić information content (AvgIpc) is 2.44. The molecule has 2 amide bonds. The summed E-state index contributed by atoms with van der Waals surface area (Å²) >= 11 is 0. The summed E-state index contributed by atoms with van der Waals surface area (Å²) in [6, 6.07) is 7.02. The lowest BCUT2D eigenvalue weighted by molar-refractivity contribution is -0.121. The first-order valence-corrected chi connectivity index (χ1v) is 6.40. The van der Waals surface area contributed by atoms with E-state index in [1.807, 2.05) is 6.92 Å². The summed E-state index contributed by atoms with van der Waals surface area (Å²) in [5.74, 6) is 5.17. The van der Waals surface area contributed by atoms with Gasteiger partial charge in [-0.3, -0.25) is 9.59 Å². The van der Waals surface area contributed by atoms with Crippen LogP contribution in [0.1, 0.15) is 22.8 Å². The zero-order valence-corrected chi connectivity index (χ0v) is 11.8. The van der Waals surface area contributed by atoms with E-state index >= 15 is 0 Å². The number of rotatable bonds is 4. The van der Waals surface area contributed by atoms with Crippen molar-refractivity contribution in [3.63, 3.8) is 0 Å². The summed E-state index contributed by atoms with van der Waals surface area (Å²) in [6.07, 6.45) is 0. The molecule has 0 spiro atoms. The maximum Gasteiger partial charge on any atom is 0.255 e. The Hall–Kier alpha value is -2.32. The van der Waals surface area contributed by atoms with Crippen LogP contribution >= 0.6 is 0 Å². The third kappa shape index (κ3) is 4.41. The molecule has 1 rings (SSSR count). The van der Waals surface area contributed by atoms with Crippen molar-refractivity contribution in [2.45, 2.75) is 6.92 Å². The van der Waals surface area contributed by atoms with Crippen molar-refractivity contribution in [1.29, 1.82) is 0 Å². The zero-order valence-electron chi connectivity index (χ0n) is 11.8. The number of nitrogens with zero attached hydrogens (tertiary/aromatic N) is 1. The smallest absolute Gasteiger partial charge is 0.255 e. The van der Waals surface area contributed by atoms with E-state index in [1.165, 1.54) is 4.90 Å². The van der Waals surface area contributed by atoms with Crippen LogP contribution in [0.2, 0.25) is 0 Å². The van der Waals surface area contributed by atoms with Crippen molar-refractivity contribution in [2.75, 3.05) is 26.7 Å². The molecule has 0 atom stereocenters. The van der Waals surface area contributed by atoms with E-state index in [0.29, 0.717) is 17.7 Å². The Kier molecular flexibility index (Phi) is 6.27. The molecule has 0 aliphatic heterocycles.